The fourth-order valence-corrected chi connectivity index (χ4v) is 1.19. The van der Waals surface area contributed by atoms with Crippen LogP contribution in [0.2, 0.25) is 0 Å². The van der Waals surface area contributed by atoms with Crippen molar-refractivity contribution in [3.63, 3.8) is 0 Å². The zero-order chi connectivity index (χ0) is 7.56. The number of aryl methyl sites for hydroxylation is 1. The monoisotopic (exact) mass is 158 g/mol. The molecular formula is C6H10N2OS. The lowest BCUT2D eigenvalue weighted by molar-refractivity contribution is 0.429. The quantitative estimate of drug-likeness (QED) is 0.616. The maximum Gasteiger partial charge on any atom is 0.276 e. The molecule has 1 aromatic heterocycles. The highest BCUT2D eigenvalue weighted by Gasteiger charge is 2.04. The van der Waals surface area contributed by atoms with Gasteiger partial charge in [-0.25, -0.2) is 0 Å². The van der Waals surface area contributed by atoms with Crippen LogP contribution in [0.1, 0.15) is 19.7 Å². The van der Waals surface area contributed by atoms with Gasteiger partial charge in [-0.2, -0.15) is 0 Å². The molecule has 3 nitrogen and oxygen atoms in total. The topological polar surface area (TPSA) is 38.9 Å². The van der Waals surface area contributed by atoms with Crippen LogP contribution < -0.4 is 0 Å². The van der Waals surface area contributed by atoms with Gasteiger partial charge >= 0.3 is 0 Å². The summed E-state index contributed by atoms with van der Waals surface area (Å²) >= 11 is 1.58. The molecule has 0 fully saturated rings. The van der Waals surface area contributed by atoms with Gasteiger partial charge in [0.05, 0.1) is 0 Å². The molecule has 0 bridgehead atoms. The Morgan fingerprint density at radius 3 is 2.50 bits per heavy atom. The molecule has 10 heavy (non-hydrogen) atoms. The van der Waals surface area contributed by atoms with Gasteiger partial charge in [-0.05, 0) is 0 Å². The van der Waals surface area contributed by atoms with Crippen molar-refractivity contribution < 1.29 is 4.42 Å². The molecular weight excluding hydrogens is 148 g/mol. The zero-order valence-corrected chi connectivity index (χ0v) is 7.10. The predicted octanol–water partition coefficient (Wildman–Crippen LogP) is 1.88. The second-order valence-electron chi connectivity index (χ2n) is 2.25. The summed E-state index contributed by atoms with van der Waals surface area (Å²) in [5.74, 6) is 0.628. The lowest BCUT2D eigenvalue weighted by Gasteiger charge is -1.95. The van der Waals surface area contributed by atoms with Crippen LogP contribution in [-0.2, 0) is 0 Å². The highest BCUT2D eigenvalue weighted by atomic mass is 32.2. The van der Waals surface area contributed by atoms with Crippen molar-refractivity contribution in [2.45, 2.75) is 31.2 Å². The van der Waals surface area contributed by atoms with E-state index < -0.39 is 0 Å². The lowest BCUT2D eigenvalue weighted by atomic mass is 10.6. The maximum atomic E-state index is 5.14. The number of nitrogens with zero attached hydrogens (tertiary/aromatic N) is 2. The van der Waals surface area contributed by atoms with E-state index in [1.165, 1.54) is 0 Å². The first kappa shape index (κ1) is 7.60. The predicted molar refractivity (Wildman–Crippen MR) is 40.0 cm³/mol. The Morgan fingerprint density at radius 1 is 1.40 bits per heavy atom. The van der Waals surface area contributed by atoms with Crippen LogP contribution in [0.5, 0.6) is 0 Å². The summed E-state index contributed by atoms with van der Waals surface area (Å²) < 4.78 is 5.14. The summed E-state index contributed by atoms with van der Waals surface area (Å²) in [7, 11) is 0. The fraction of sp³-hybridized carbons (Fsp3) is 0.667. The third-order valence-electron chi connectivity index (χ3n) is 0.844. The van der Waals surface area contributed by atoms with Crippen molar-refractivity contribution in [1.82, 2.24) is 10.2 Å². The Morgan fingerprint density at radius 2 is 2.10 bits per heavy atom. The highest BCUT2D eigenvalue weighted by molar-refractivity contribution is 7.99. The Hall–Kier alpha value is -0.510. The fourth-order valence-electron chi connectivity index (χ4n) is 0.528. The molecule has 0 amide bonds. The minimum Gasteiger partial charge on any atom is -0.416 e. The van der Waals surface area contributed by atoms with Crippen molar-refractivity contribution >= 4 is 11.8 Å². The average Bonchev–Trinajstić information content (AvgIpc) is 2.13. The van der Waals surface area contributed by atoms with Crippen molar-refractivity contribution in [2.24, 2.45) is 0 Å². The van der Waals surface area contributed by atoms with Crippen LogP contribution in [0.25, 0.3) is 0 Å². The van der Waals surface area contributed by atoms with Crippen molar-refractivity contribution in [3.05, 3.63) is 5.89 Å². The Kier molecular flexibility index (Phi) is 2.32. The van der Waals surface area contributed by atoms with E-state index in [-0.39, 0.29) is 0 Å². The number of thioether (sulfide) groups is 1. The van der Waals surface area contributed by atoms with E-state index in [9.17, 15) is 0 Å². The van der Waals surface area contributed by atoms with Crippen LogP contribution in [0.4, 0.5) is 0 Å². The van der Waals surface area contributed by atoms with Gasteiger partial charge < -0.3 is 4.42 Å². The molecule has 1 aromatic rings. The third-order valence-corrected chi connectivity index (χ3v) is 1.68. The Labute approximate surface area is 64.2 Å². The summed E-state index contributed by atoms with van der Waals surface area (Å²) in [5.41, 5.74) is 0. The van der Waals surface area contributed by atoms with Crippen LogP contribution in [0.3, 0.4) is 0 Å². The molecule has 0 atom stereocenters. The summed E-state index contributed by atoms with van der Waals surface area (Å²) in [5, 5.41) is 8.69. The Balaban J connectivity index is 2.58. The van der Waals surface area contributed by atoms with Gasteiger partial charge in [0.15, 0.2) is 0 Å². The molecule has 0 saturated carbocycles. The van der Waals surface area contributed by atoms with Crippen LogP contribution in [-0.4, -0.2) is 15.4 Å². The number of rotatable bonds is 2. The van der Waals surface area contributed by atoms with Crippen molar-refractivity contribution in [2.75, 3.05) is 0 Å². The average molecular weight is 158 g/mol. The second kappa shape index (κ2) is 3.05. The van der Waals surface area contributed by atoms with E-state index in [0.717, 1.165) is 0 Å². The van der Waals surface area contributed by atoms with E-state index in [1.807, 2.05) is 0 Å². The first-order chi connectivity index (χ1) is 4.68. The molecule has 0 unspecified atom stereocenters. The normalized spacial score (nSPS) is 10.8. The highest BCUT2D eigenvalue weighted by Crippen LogP contribution is 2.20. The molecule has 1 heterocycles. The third kappa shape index (κ3) is 2.02. The molecule has 0 aromatic carbocycles. The van der Waals surface area contributed by atoms with Gasteiger partial charge in [0.2, 0.25) is 5.89 Å². The van der Waals surface area contributed by atoms with Crippen molar-refractivity contribution in [3.8, 4) is 0 Å². The molecule has 4 heteroatoms. The van der Waals surface area contributed by atoms with Crippen LogP contribution in [0.15, 0.2) is 9.64 Å². The molecule has 0 saturated heterocycles. The maximum absolute atomic E-state index is 5.14. The van der Waals surface area contributed by atoms with E-state index in [2.05, 4.69) is 24.0 Å². The van der Waals surface area contributed by atoms with Gasteiger partial charge in [-0.15, -0.1) is 10.2 Å². The summed E-state index contributed by atoms with van der Waals surface area (Å²) in [6.07, 6.45) is 0. The molecule has 0 spiro atoms. The van der Waals surface area contributed by atoms with Crippen LogP contribution >= 0.6 is 11.8 Å². The van der Waals surface area contributed by atoms with Gasteiger partial charge in [0.1, 0.15) is 0 Å². The number of aromatic nitrogens is 2. The number of hydrogen-bond donors (Lipinski definition) is 0. The molecule has 0 N–H and O–H groups in total. The molecule has 0 aliphatic heterocycles. The minimum atomic E-state index is 0.500. The summed E-state index contributed by atoms with van der Waals surface area (Å²) in [6, 6.07) is 0. The largest absolute Gasteiger partial charge is 0.416 e. The first-order valence-corrected chi connectivity index (χ1v) is 4.03. The standard InChI is InChI=1S/C6H10N2OS/c1-4(2)10-6-8-7-5(3)9-6/h4H,1-3H3. The van der Waals surface area contributed by atoms with E-state index >= 15 is 0 Å². The molecule has 0 radical (unpaired) electrons. The lowest BCUT2D eigenvalue weighted by Crippen LogP contribution is -1.84. The van der Waals surface area contributed by atoms with E-state index in [0.29, 0.717) is 16.4 Å². The minimum absolute atomic E-state index is 0.500. The molecule has 0 aliphatic carbocycles. The van der Waals surface area contributed by atoms with Crippen LogP contribution in [0, 0.1) is 6.92 Å². The van der Waals surface area contributed by atoms with E-state index in [1.54, 1.807) is 18.7 Å². The molecule has 0 aliphatic rings. The molecule has 1 rings (SSSR count). The SMILES string of the molecule is Cc1nnc(SC(C)C)o1. The van der Waals surface area contributed by atoms with Gasteiger partial charge in [-0.1, -0.05) is 25.6 Å². The molecule has 56 valence electrons. The smallest absolute Gasteiger partial charge is 0.276 e. The number of hydrogen-bond acceptors (Lipinski definition) is 4. The Bertz CT molecular complexity index is 209. The first-order valence-electron chi connectivity index (χ1n) is 3.15. The van der Waals surface area contributed by atoms with Gasteiger partial charge in [0.25, 0.3) is 5.22 Å². The van der Waals surface area contributed by atoms with E-state index in [4.69, 9.17) is 4.42 Å². The summed E-state index contributed by atoms with van der Waals surface area (Å²) in [4.78, 5) is 0. The van der Waals surface area contributed by atoms with Gasteiger partial charge in [0, 0.05) is 12.2 Å². The van der Waals surface area contributed by atoms with Crippen molar-refractivity contribution in [1.29, 1.82) is 0 Å². The summed E-state index contributed by atoms with van der Waals surface area (Å²) in [6.45, 7) is 5.96. The second-order valence-corrected chi connectivity index (χ2v) is 3.78. The zero-order valence-electron chi connectivity index (χ0n) is 6.29. The van der Waals surface area contributed by atoms with Gasteiger partial charge in [-0.3, -0.25) is 0 Å².